The number of fused-ring (bicyclic) bond motifs is 1. The average molecular weight is 502 g/mol. The highest BCUT2D eigenvalue weighted by atomic mass is 19.3. The van der Waals surface area contributed by atoms with Gasteiger partial charge in [-0.25, -0.2) is 27.9 Å². The maximum absolute atomic E-state index is 13.9. The zero-order valence-electron chi connectivity index (χ0n) is 20.4. The van der Waals surface area contributed by atoms with Crippen LogP contribution in [-0.2, 0) is 16.1 Å². The highest BCUT2D eigenvalue weighted by molar-refractivity contribution is 5.94. The van der Waals surface area contributed by atoms with E-state index in [0.29, 0.717) is 17.0 Å². The number of anilines is 1. The van der Waals surface area contributed by atoms with Crippen molar-refractivity contribution >= 4 is 23.4 Å². The number of hydrogen-bond donors (Lipinski definition) is 1. The molecule has 0 spiro atoms. The molecule has 11 heteroatoms. The van der Waals surface area contributed by atoms with Crippen LogP contribution in [0.4, 0.5) is 19.3 Å². The van der Waals surface area contributed by atoms with E-state index in [1.807, 2.05) is 30.3 Å². The molecule has 1 saturated carbocycles. The van der Waals surface area contributed by atoms with Gasteiger partial charge in [0.15, 0.2) is 11.3 Å². The fourth-order valence-electron chi connectivity index (χ4n) is 4.39. The Kier molecular flexibility index (Phi) is 7.37. The fourth-order valence-corrected chi connectivity index (χ4v) is 4.39. The first-order valence-electron chi connectivity index (χ1n) is 11.7. The van der Waals surface area contributed by atoms with E-state index >= 15 is 0 Å². The Hall–Kier alpha value is -3.76. The maximum atomic E-state index is 13.9. The fraction of sp³-hybridized carbons (Fsp3) is 0.440. The molecule has 0 aliphatic heterocycles. The van der Waals surface area contributed by atoms with E-state index in [2.05, 4.69) is 15.4 Å². The van der Waals surface area contributed by atoms with Crippen LogP contribution in [0.25, 0.3) is 5.65 Å². The Morgan fingerprint density at radius 1 is 1.22 bits per heavy atom. The van der Waals surface area contributed by atoms with Gasteiger partial charge in [0, 0.05) is 33.0 Å². The van der Waals surface area contributed by atoms with E-state index in [4.69, 9.17) is 9.47 Å². The van der Waals surface area contributed by atoms with E-state index in [9.17, 15) is 18.4 Å². The number of amides is 1. The van der Waals surface area contributed by atoms with Gasteiger partial charge < -0.3 is 19.7 Å². The van der Waals surface area contributed by atoms with Crippen LogP contribution in [0.5, 0.6) is 0 Å². The molecule has 1 atom stereocenters. The van der Waals surface area contributed by atoms with Gasteiger partial charge in [-0.05, 0) is 24.3 Å². The first-order valence-corrected chi connectivity index (χ1v) is 11.7. The summed E-state index contributed by atoms with van der Waals surface area (Å²) in [5, 5.41) is 7.20. The number of methoxy groups -OCH3 is 1. The van der Waals surface area contributed by atoms with Crippen molar-refractivity contribution in [1.82, 2.24) is 19.9 Å². The van der Waals surface area contributed by atoms with Crippen LogP contribution in [0.15, 0.2) is 42.6 Å². The molecule has 1 N–H and O–H groups in total. The van der Waals surface area contributed by atoms with Crippen LogP contribution >= 0.6 is 0 Å². The van der Waals surface area contributed by atoms with Crippen LogP contribution in [0.3, 0.4) is 0 Å². The molecule has 2 heterocycles. The summed E-state index contributed by atoms with van der Waals surface area (Å²) in [5.41, 5.74) is 2.32. The number of aromatic nitrogens is 3. The lowest BCUT2D eigenvalue weighted by atomic mass is 9.81. The van der Waals surface area contributed by atoms with Crippen molar-refractivity contribution in [2.75, 3.05) is 26.1 Å². The summed E-state index contributed by atoms with van der Waals surface area (Å²) in [5.74, 6) is -3.59. The molecule has 1 aromatic carbocycles. The zero-order chi connectivity index (χ0) is 25.9. The maximum Gasteiger partial charge on any atom is 0.408 e. The number of carbonyl (C=O) groups is 2. The third-order valence-corrected chi connectivity index (χ3v) is 6.35. The molecule has 0 bridgehead atoms. The van der Waals surface area contributed by atoms with Gasteiger partial charge in [-0.1, -0.05) is 30.3 Å². The number of nitrogens with one attached hydrogen (secondary N) is 1. The summed E-state index contributed by atoms with van der Waals surface area (Å²) in [4.78, 5) is 31.3. The predicted molar refractivity (Wildman–Crippen MR) is 128 cm³/mol. The monoisotopic (exact) mass is 501 g/mol. The molecule has 1 aliphatic rings. The molecule has 1 aliphatic carbocycles. The summed E-state index contributed by atoms with van der Waals surface area (Å²) in [6.45, 7) is 0.0730. The molecule has 0 unspecified atom stereocenters. The Morgan fingerprint density at radius 2 is 1.92 bits per heavy atom. The largest absolute Gasteiger partial charge is 0.464 e. The van der Waals surface area contributed by atoms with Gasteiger partial charge in [0.25, 0.3) is 0 Å². The quantitative estimate of drug-likeness (QED) is 0.480. The second-order valence-corrected chi connectivity index (χ2v) is 9.11. The lowest BCUT2D eigenvalue weighted by Crippen LogP contribution is -2.37. The van der Waals surface area contributed by atoms with Gasteiger partial charge in [0.1, 0.15) is 6.61 Å². The number of esters is 1. The van der Waals surface area contributed by atoms with Crippen LogP contribution in [0.2, 0.25) is 0 Å². The molecule has 0 saturated heterocycles. The van der Waals surface area contributed by atoms with E-state index in [0.717, 1.165) is 5.56 Å². The van der Waals surface area contributed by atoms with E-state index in [-0.39, 0.29) is 43.9 Å². The van der Waals surface area contributed by atoms with Crippen LogP contribution in [0, 0.1) is 5.92 Å². The molecule has 4 rings (SSSR count). The minimum atomic E-state index is -2.72. The lowest BCUT2D eigenvalue weighted by molar-refractivity contribution is -0.0497. The normalized spacial score (nSPS) is 16.4. The third-order valence-electron chi connectivity index (χ3n) is 6.35. The Bertz CT molecular complexity index is 1220. The topological polar surface area (TPSA) is 98.1 Å². The third kappa shape index (κ3) is 5.72. The second kappa shape index (κ2) is 10.5. The molecule has 1 amide bonds. The summed E-state index contributed by atoms with van der Waals surface area (Å²) >= 11 is 0. The Morgan fingerprint density at radius 3 is 2.56 bits per heavy atom. The van der Waals surface area contributed by atoms with Gasteiger partial charge in [-0.15, -0.1) is 0 Å². The number of rotatable bonds is 7. The Labute approximate surface area is 207 Å². The van der Waals surface area contributed by atoms with Crippen molar-refractivity contribution in [3.63, 3.8) is 0 Å². The molecule has 2 aromatic heterocycles. The van der Waals surface area contributed by atoms with Gasteiger partial charge in [0.05, 0.1) is 30.7 Å². The van der Waals surface area contributed by atoms with Crippen molar-refractivity contribution in [3.8, 4) is 0 Å². The summed E-state index contributed by atoms with van der Waals surface area (Å²) in [7, 11) is 4.80. The first-order chi connectivity index (χ1) is 17.2. The minimum Gasteiger partial charge on any atom is -0.464 e. The zero-order valence-corrected chi connectivity index (χ0v) is 20.4. The number of hydrogen-bond acceptors (Lipinski definition) is 7. The number of imidazole rings is 1. The standard InChI is InChI=1S/C25H29F2N5O4/c1-31(2)19-13-20-28-18(14-32(20)30-22(19)23(33)35-3)21(17-9-11-25(26,27)12-10-17)29-24(34)36-15-16-7-5-4-6-8-16/h4-8,13-14,17,21H,9-12,15H2,1-3H3,(H,29,34)/t21-/m0/s1. The number of nitrogens with zero attached hydrogens (tertiary/aromatic N) is 4. The van der Waals surface area contributed by atoms with Gasteiger partial charge in [-0.3, -0.25) is 0 Å². The molecule has 192 valence electrons. The number of alkyl halides is 2. The highest BCUT2D eigenvalue weighted by Crippen LogP contribution is 2.41. The second-order valence-electron chi connectivity index (χ2n) is 9.11. The molecular weight excluding hydrogens is 472 g/mol. The minimum absolute atomic E-state index is 0.0730. The van der Waals surface area contributed by atoms with Gasteiger partial charge >= 0.3 is 12.1 Å². The number of benzene rings is 1. The first kappa shape index (κ1) is 25.3. The van der Waals surface area contributed by atoms with Crippen molar-refractivity contribution < 1.29 is 27.8 Å². The number of carbonyl (C=O) groups excluding carboxylic acids is 2. The predicted octanol–water partition coefficient (Wildman–Crippen LogP) is 4.37. The average Bonchev–Trinajstić information content (AvgIpc) is 3.28. The van der Waals surface area contributed by atoms with Crippen molar-refractivity contribution in [2.24, 2.45) is 5.92 Å². The van der Waals surface area contributed by atoms with E-state index in [1.54, 1.807) is 31.3 Å². The smallest absolute Gasteiger partial charge is 0.408 e. The lowest BCUT2D eigenvalue weighted by Gasteiger charge is -2.33. The molecular formula is C25H29F2N5O4. The molecule has 36 heavy (non-hydrogen) atoms. The molecule has 1 fully saturated rings. The van der Waals surface area contributed by atoms with Crippen molar-refractivity contribution in [1.29, 1.82) is 0 Å². The van der Waals surface area contributed by atoms with E-state index < -0.39 is 24.0 Å². The van der Waals surface area contributed by atoms with E-state index in [1.165, 1.54) is 11.6 Å². The van der Waals surface area contributed by atoms with Crippen LogP contribution in [-0.4, -0.2) is 53.8 Å². The molecule has 0 radical (unpaired) electrons. The van der Waals surface area contributed by atoms with Crippen molar-refractivity contribution in [3.05, 3.63) is 59.5 Å². The molecule has 3 aromatic rings. The summed E-state index contributed by atoms with van der Waals surface area (Å²) in [6, 6.07) is 10.2. The molecule has 9 nitrogen and oxygen atoms in total. The summed E-state index contributed by atoms with van der Waals surface area (Å²) in [6.07, 6.45) is 0.823. The number of ether oxygens (including phenoxy) is 2. The van der Waals surface area contributed by atoms with Crippen LogP contribution in [0.1, 0.15) is 53.5 Å². The van der Waals surface area contributed by atoms with Gasteiger partial charge in [-0.2, -0.15) is 5.10 Å². The van der Waals surface area contributed by atoms with Crippen LogP contribution < -0.4 is 10.2 Å². The summed E-state index contributed by atoms with van der Waals surface area (Å²) < 4.78 is 39.4. The van der Waals surface area contributed by atoms with Gasteiger partial charge in [0.2, 0.25) is 5.92 Å². The highest BCUT2D eigenvalue weighted by Gasteiger charge is 2.39. The number of alkyl carbamates (subject to hydrolysis) is 1. The number of halogens is 2. The Balaban J connectivity index is 1.63. The SMILES string of the molecule is COC(=O)c1nn2cc([C@@H](NC(=O)OCc3ccccc3)C3CCC(F)(F)CC3)nc2cc1N(C)C. The van der Waals surface area contributed by atoms with Crippen molar-refractivity contribution in [2.45, 2.75) is 44.3 Å².